The third kappa shape index (κ3) is 5.14. The molecule has 1 fully saturated rings. The van der Waals surface area contributed by atoms with Gasteiger partial charge in [0, 0.05) is 24.7 Å². The van der Waals surface area contributed by atoms with Crippen LogP contribution >= 0.6 is 0 Å². The highest BCUT2D eigenvalue weighted by molar-refractivity contribution is 7.89. The van der Waals surface area contributed by atoms with Crippen molar-refractivity contribution < 1.29 is 32.8 Å². The Labute approximate surface area is 200 Å². The number of rotatable bonds is 7. The average Bonchev–Trinajstić information content (AvgIpc) is 3.25. The average molecular weight is 500 g/mol. The number of sulfonamides is 1. The largest absolute Gasteiger partial charge is 0.454 e. The zero-order valence-corrected chi connectivity index (χ0v) is 19.1. The van der Waals surface area contributed by atoms with Gasteiger partial charge in [0.1, 0.15) is 6.04 Å². The molecule has 1 amide bonds. The number of nitrogens with one attached hydrogen (secondary N) is 1. The molecule has 0 aliphatic carbocycles. The van der Waals surface area contributed by atoms with Gasteiger partial charge in [0.05, 0.1) is 11.0 Å². The molecule has 0 bridgehead atoms. The summed E-state index contributed by atoms with van der Waals surface area (Å²) in [6.07, 6.45) is -1.46. The van der Waals surface area contributed by atoms with Gasteiger partial charge < -0.3 is 15.2 Å². The number of nitrogens with zero attached hydrogens (tertiary/aromatic N) is 2. The third-order valence-electron chi connectivity index (χ3n) is 5.53. The number of anilines is 1. The monoisotopic (exact) mass is 499 g/mol. The molecule has 0 spiro atoms. The van der Waals surface area contributed by atoms with Gasteiger partial charge in [-0.25, -0.2) is 8.42 Å². The summed E-state index contributed by atoms with van der Waals surface area (Å²) in [6, 6.07) is 16.1. The van der Waals surface area contributed by atoms with Crippen molar-refractivity contribution in [3.63, 3.8) is 0 Å². The fraction of sp³-hybridized carbons (Fsp3) is 0.217. The van der Waals surface area contributed by atoms with Gasteiger partial charge in [-0.15, -0.1) is 0 Å². The molecule has 3 aromatic rings. The molecule has 3 aromatic carbocycles. The Morgan fingerprint density at radius 1 is 1.09 bits per heavy atom. The molecular formula is C23H21N3O8S. The fourth-order valence-electron chi connectivity index (χ4n) is 3.91. The first kappa shape index (κ1) is 24.3. The van der Waals surface area contributed by atoms with Crippen LogP contribution in [-0.2, 0) is 24.3 Å². The van der Waals surface area contributed by atoms with Crippen molar-refractivity contribution >= 4 is 44.0 Å². The first-order chi connectivity index (χ1) is 16.7. The quantitative estimate of drug-likeness (QED) is 0.284. The summed E-state index contributed by atoms with van der Waals surface area (Å²) >= 11 is 0. The van der Waals surface area contributed by atoms with Crippen molar-refractivity contribution in [3.05, 3.63) is 76.8 Å². The first-order valence-corrected chi connectivity index (χ1v) is 12.0. The van der Waals surface area contributed by atoms with Crippen molar-refractivity contribution in [1.29, 1.82) is 0 Å². The van der Waals surface area contributed by atoms with E-state index >= 15 is 0 Å². The smallest absolute Gasteiger partial charge is 0.325 e. The molecule has 35 heavy (non-hydrogen) atoms. The van der Waals surface area contributed by atoms with Gasteiger partial charge in [0.25, 0.3) is 21.6 Å². The minimum atomic E-state index is -4.52. The number of benzene rings is 3. The number of amides is 1. The summed E-state index contributed by atoms with van der Waals surface area (Å²) in [6.45, 7) is -1.13. The lowest BCUT2D eigenvalue weighted by Gasteiger charge is -2.22. The van der Waals surface area contributed by atoms with Gasteiger partial charge in [-0.05, 0) is 29.0 Å². The van der Waals surface area contributed by atoms with E-state index in [1.54, 1.807) is 12.1 Å². The molecule has 0 aromatic heterocycles. The number of aliphatic hydroxyl groups is 1. The summed E-state index contributed by atoms with van der Waals surface area (Å²) < 4.78 is 32.0. The number of β-amino-alcohol motifs (C(OH)–C–C–N with tert-alkyl or cyclic N) is 1. The predicted octanol–water partition coefficient (Wildman–Crippen LogP) is 2.05. The molecular weight excluding hydrogens is 478 g/mol. The Kier molecular flexibility index (Phi) is 6.78. The lowest BCUT2D eigenvalue weighted by molar-refractivity contribution is -0.387. The molecule has 1 unspecified atom stereocenters. The number of hydrogen-bond donors (Lipinski definition) is 2. The normalized spacial score (nSPS) is 18.3. The van der Waals surface area contributed by atoms with Crippen molar-refractivity contribution in [3.8, 4) is 0 Å². The number of ether oxygens (including phenoxy) is 1. The number of fused-ring (bicyclic) bond motifs is 1. The highest BCUT2D eigenvalue weighted by atomic mass is 32.2. The number of nitro groups is 1. The van der Waals surface area contributed by atoms with Gasteiger partial charge in [0.2, 0.25) is 0 Å². The summed E-state index contributed by atoms with van der Waals surface area (Å²) in [5.74, 6) is -1.68. The van der Waals surface area contributed by atoms with Crippen LogP contribution in [0.4, 0.5) is 11.4 Å². The molecule has 1 saturated heterocycles. The van der Waals surface area contributed by atoms with Crippen molar-refractivity contribution in [2.45, 2.75) is 23.5 Å². The Bertz CT molecular complexity index is 1410. The van der Waals surface area contributed by atoms with Gasteiger partial charge in [-0.3, -0.25) is 19.7 Å². The minimum Gasteiger partial charge on any atom is -0.454 e. The van der Waals surface area contributed by atoms with Crippen LogP contribution in [0.15, 0.2) is 71.6 Å². The fourth-order valence-corrected chi connectivity index (χ4v) is 5.70. The molecule has 1 heterocycles. The summed E-state index contributed by atoms with van der Waals surface area (Å²) in [5, 5.41) is 25.8. The molecule has 1 aliphatic heterocycles. The molecule has 4 rings (SSSR count). The second kappa shape index (κ2) is 9.78. The summed E-state index contributed by atoms with van der Waals surface area (Å²) in [4.78, 5) is 34.8. The van der Waals surface area contributed by atoms with Crippen LogP contribution in [0.3, 0.4) is 0 Å². The van der Waals surface area contributed by atoms with E-state index < -0.39 is 62.7 Å². The zero-order valence-electron chi connectivity index (χ0n) is 18.2. The Balaban J connectivity index is 1.45. The highest BCUT2D eigenvalue weighted by Crippen LogP contribution is 2.32. The van der Waals surface area contributed by atoms with E-state index in [1.807, 2.05) is 30.3 Å². The van der Waals surface area contributed by atoms with Crippen LogP contribution in [-0.4, -0.2) is 59.9 Å². The van der Waals surface area contributed by atoms with Gasteiger partial charge in [-0.1, -0.05) is 42.5 Å². The van der Waals surface area contributed by atoms with E-state index in [2.05, 4.69) is 5.32 Å². The van der Waals surface area contributed by atoms with Gasteiger partial charge in [-0.2, -0.15) is 4.31 Å². The van der Waals surface area contributed by atoms with Crippen molar-refractivity contribution in [2.24, 2.45) is 0 Å². The van der Waals surface area contributed by atoms with E-state index in [0.29, 0.717) is 9.99 Å². The molecule has 11 nitrogen and oxygen atoms in total. The number of carbonyl (C=O) groups is 2. The minimum absolute atomic E-state index is 0.273. The second-order valence-electron chi connectivity index (χ2n) is 7.92. The maximum absolute atomic E-state index is 13.1. The van der Waals surface area contributed by atoms with Crippen LogP contribution in [0.25, 0.3) is 10.8 Å². The lowest BCUT2D eigenvalue weighted by atomic mass is 10.1. The number of para-hydroxylation sites is 1. The van der Waals surface area contributed by atoms with Crippen LogP contribution in [0.2, 0.25) is 0 Å². The van der Waals surface area contributed by atoms with Gasteiger partial charge in [0.15, 0.2) is 11.5 Å². The molecule has 1 aliphatic rings. The Morgan fingerprint density at radius 2 is 1.77 bits per heavy atom. The highest BCUT2D eigenvalue weighted by Gasteiger charge is 2.46. The lowest BCUT2D eigenvalue weighted by Crippen LogP contribution is -2.42. The standard InChI is InChI=1S/C23H21N3O8S/c27-18-12-20(25(13-18)35(32,33)21-8-4-3-7-19(21)26(30)31)23(29)34-14-22(28)24-17-10-9-15-5-1-2-6-16(15)11-17/h1-11,18,20,27H,12-14H2,(H,24,28)/t18?,20-/m1/s1. The van der Waals surface area contributed by atoms with Crippen molar-refractivity contribution in [1.82, 2.24) is 4.31 Å². The van der Waals surface area contributed by atoms with E-state index in [-0.39, 0.29) is 6.42 Å². The van der Waals surface area contributed by atoms with Gasteiger partial charge >= 0.3 is 5.97 Å². The maximum Gasteiger partial charge on any atom is 0.325 e. The second-order valence-corrected chi connectivity index (χ2v) is 9.78. The number of esters is 1. The SMILES string of the molecule is O=C(COC(=O)[C@H]1CC(O)CN1S(=O)(=O)c1ccccc1[N+](=O)[O-])Nc1ccc2ccccc2c1. The Morgan fingerprint density at radius 3 is 2.51 bits per heavy atom. The van der Waals surface area contributed by atoms with E-state index in [1.165, 1.54) is 12.1 Å². The number of hydrogen-bond acceptors (Lipinski definition) is 8. The molecule has 0 radical (unpaired) electrons. The van der Waals surface area contributed by atoms with Crippen LogP contribution in [0.1, 0.15) is 6.42 Å². The first-order valence-electron chi connectivity index (χ1n) is 10.6. The number of aliphatic hydroxyl groups excluding tert-OH is 1. The molecule has 2 atom stereocenters. The van der Waals surface area contributed by atoms with E-state index in [9.17, 15) is 33.2 Å². The van der Waals surface area contributed by atoms with Crippen molar-refractivity contribution in [2.75, 3.05) is 18.5 Å². The summed E-state index contributed by atoms with van der Waals surface area (Å²) in [5.41, 5.74) is -0.169. The maximum atomic E-state index is 13.1. The third-order valence-corrected chi connectivity index (χ3v) is 7.46. The molecule has 2 N–H and O–H groups in total. The molecule has 182 valence electrons. The predicted molar refractivity (Wildman–Crippen MR) is 125 cm³/mol. The topological polar surface area (TPSA) is 156 Å². The van der Waals surface area contributed by atoms with E-state index in [0.717, 1.165) is 22.9 Å². The summed E-state index contributed by atoms with van der Waals surface area (Å²) in [7, 11) is -4.52. The Hall–Kier alpha value is -3.87. The number of carbonyl (C=O) groups excluding carboxylic acids is 2. The van der Waals surface area contributed by atoms with Crippen LogP contribution in [0.5, 0.6) is 0 Å². The number of nitro benzene ring substituents is 1. The van der Waals surface area contributed by atoms with E-state index in [4.69, 9.17) is 4.74 Å². The zero-order chi connectivity index (χ0) is 25.2. The van der Waals surface area contributed by atoms with Crippen LogP contribution < -0.4 is 5.32 Å². The molecule has 0 saturated carbocycles. The molecule has 12 heteroatoms. The van der Waals surface area contributed by atoms with Crippen LogP contribution in [0, 0.1) is 10.1 Å².